The molecule has 113 heavy (non-hydrogen) atoms. The SMILES string of the molecule is CCC1CN(c2ccc3c(c2)C(=O)N(C2CCC(=O)NC2=O)C3=O)C1.Fc1cccc([C@H]2CCCN2c2ccc3ncc(C4=CCN(C5CCNCC5)C4)n3n2)c1.O=C1CCC(N2C(=O)c3ccc(N4CC(CN5CCC(N6CC=C(c7cnc8ccc(N9CCC[C@@H]9c9cccc(F)c9)nn78)C6)CC5)C4)cc3C2=O)C(=O)N1. The molecular weight excluding hydrogens is 1440 g/mol. The van der Waals surface area contributed by atoms with E-state index < -0.39 is 47.5 Å². The number of benzene rings is 4. The first kappa shape index (κ1) is 73.5. The standard InChI is InChI=1S/C42H44FN9O4.C25H29FN6.C18H19N3O4/c43-29-4-1-3-27(19-29)34-5-2-15-50(34)38-10-9-37-44-21-36(52(37)46-38)28-12-18-48(25-28)30-13-16-47(17-14-30)22-26-23-49(24-26)31-6-7-32-33(20-31)42(56)51(41(32)55)35-8-11-39(53)45-40(35)54;26-20-4-1-3-18(15-20)22-5-2-13-31(22)25-7-6-24-28-16-23(32(24)29-25)19-10-14-30(17-19)21-8-11-27-12-9-21;1-2-10-8-20(9-10)11-3-4-12-13(7-11)18(25)21(17(12)24)14-5-6-15(22)19-16(14)23/h1,3-4,6-7,9-10,12,19-21,26,30,34-35H,2,5,8,11,13-18,22-25H2,(H,45,53,54);1,3-4,6-7,10,15-16,21-22,27H,2,5,8-9,11-14,17H2;3-4,7,10,14H,2,5-6,8-9H2,1H3,(H,19,22,23)/t34-,35?;22-;/m11./s1. The van der Waals surface area contributed by atoms with Crippen LogP contribution >= 0.6 is 0 Å². The van der Waals surface area contributed by atoms with Gasteiger partial charge in [-0.3, -0.25) is 68.6 Å². The van der Waals surface area contributed by atoms with Crippen LogP contribution in [-0.2, 0) is 19.2 Å². The van der Waals surface area contributed by atoms with Crippen molar-refractivity contribution < 1.29 is 47.1 Å². The molecule has 8 amide bonds. The Morgan fingerprint density at radius 2 is 0.929 bits per heavy atom. The molecule has 0 aliphatic carbocycles. The van der Waals surface area contributed by atoms with Crippen LogP contribution in [0.15, 0.2) is 134 Å². The second-order valence-electron chi connectivity index (χ2n) is 32.2. The molecule has 20 rings (SSSR count). The maximum atomic E-state index is 14.1. The van der Waals surface area contributed by atoms with E-state index in [4.69, 9.17) is 10.2 Å². The number of imidazole rings is 2. The van der Waals surface area contributed by atoms with Crippen LogP contribution < -0.4 is 35.6 Å². The normalized spacial score (nSPS) is 23.6. The summed E-state index contributed by atoms with van der Waals surface area (Å²) in [6, 6.07) is 32.2. The van der Waals surface area contributed by atoms with Crippen LogP contribution in [0.1, 0.15) is 166 Å². The van der Waals surface area contributed by atoms with Gasteiger partial charge in [0, 0.05) is 114 Å². The van der Waals surface area contributed by atoms with Gasteiger partial charge in [0.2, 0.25) is 23.6 Å². The minimum Gasteiger partial charge on any atom is -0.371 e. The molecule has 8 aromatic rings. The number of rotatable bonds is 15. The third-order valence-electron chi connectivity index (χ3n) is 25.3. The second kappa shape index (κ2) is 30.9. The lowest BCUT2D eigenvalue weighted by molar-refractivity contribution is -0.137. The molecule has 4 aromatic carbocycles. The predicted octanol–water partition coefficient (Wildman–Crippen LogP) is 8.51. The fourth-order valence-corrected chi connectivity index (χ4v) is 19.0. The fourth-order valence-electron chi connectivity index (χ4n) is 19.0. The molecule has 3 N–H and O–H groups in total. The Morgan fingerprint density at radius 1 is 0.469 bits per heavy atom. The highest BCUT2D eigenvalue weighted by Gasteiger charge is 2.48. The Bertz CT molecular complexity index is 5190. The van der Waals surface area contributed by atoms with E-state index in [1.165, 1.54) is 36.1 Å². The molecule has 0 radical (unpaired) electrons. The van der Waals surface area contributed by atoms with E-state index in [1.54, 1.807) is 48.5 Å². The minimum atomic E-state index is -0.961. The van der Waals surface area contributed by atoms with Crippen molar-refractivity contribution in [2.24, 2.45) is 11.8 Å². The van der Waals surface area contributed by atoms with Gasteiger partial charge in [0.05, 0.1) is 58.1 Å². The molecule has 0 bridgehead atoms. The third-order valence-corrected chi connectivity index (χ3v) is 25.3. The van der Waals surface area contributed by atoms with Gasteiger partial charge in [-0.15, -0.1) is 10.2 Å². The van der Waals surface area contributed by atoms with Crippen molar-refractivity contribution in [3.8, 4) is 0 Å². The molecule has 584 valence electrons. The maximum Gasteiger partial charge on any atom is 0.262 e. The molecule has 8 saturated heterocycles. The lowest BCUT2D eigenvalue weighted by atomic mass is 9.95. The smallest absolute Gasteiger partial charge is 0.262 e. The van der Waals surface area contributed by atoms with Gasteiger partial charge in [0.15, 0.2) is 11.3 Å². The number of nitrogens with one attached hydrogen (secondary N) is 3. The lowest BCUT2D eigenvalue weighted by Crippen LogP contribution is -2.54. The van der Waals surface area contributed by atoms with Crippen molar-refractivity contribution in [3.05, 3.63) is 190 Å². The molecule has 4 atom stereocenters. The van der Waals surface area contributed by atoms with Gasteiger partial charge in [0.25, 0.3) is 23.6 Å². The summed E-state index contributed by atoms with van der Waals surface area (Å²) in [7, 11) is 0. The van der Waals surface area contributed by atoms with Crippen LogP contribution in [0.25, 0.3) is 22.4 Å². The van der Waals surface area contributed by atoms with Crippen LogP contribution in [-0.4, -0.2) is 223 Å². The zero-order chi connectivity index (χ0) is 77.3. The zero-order valence-electron chi connectivity index (χ0n) is 63.3. The summed E-state index contributed by atoms with van der Waals surface area (Å²) in [5.74, 6) is -1.18. The average molecular weight is 1530 g/mol. The van der Waals surface area contributed by atoms with Gasteiger partial charge in [-0.05, 0) is 210 Å². The van der Waals surface area contributed by atoms with Crippen molar-refractivity contribution in [2.75, 3.05) is 118 Å². The van der Waals surface area contributed by atoms with E-state index in [9.17, 15) is 47.1 Å². The summed E-state index contributed by atoms with van der Waals surface area (Å²) in [5.41, 5.74) is 11.5. The number of carbonyl (C=O) groups is 8. The second-order valence-corrected chi connectivity index (χ2v) is 32.2. The maximum absolute atomic E-state index is 14.1. The zero-order valence-corrected chi connectivity index (χ0v) is 63.3. The highest BCUT2D eigenvalue weighted by molar-refractivity contribution is 6.25. The van der Waals surface area contributed by atoms with Crippen LogP contribution in [0, 0.1) is 23.5 Å². The first-order valence-corrected chi connectivity index (χ1v) is 40.3. The third kappa shape index (κ3) is 14.3. The number of carbonyl (C=O) groups excluding carboxylic acids is 8. The number of nitrogens with zero attached hydrogens (tertiary/aromatic N) is 15. The van der Waals surface area contributed by atoms with E-state index in [0.717, 1.165) is 210 Å². The van der Waals surface area contributed by atoms with Gasteiger partial charge >= 0.3 is 0 Å². The van der Waals surface area contributed by atoms with E-state index >= 15 is 0 Å². The summed E-state index contributed by atoms with van der Waals surface area (Å²) in [4.78, 5) is 127. The quantitative estimate of drug-likeness (QED) is 0.0812. The molecule has 26 nitrogen and oxygen atoms in total. The molecule has 0 saturated carbocycles. The summed E-state index contributed by atoms with van der Waals surface area (Å²) in [5, 5.41) is 18.0. The average Bonchev–Trinajstić information content (AvgIpc) is 1.60. The topological polar surface area (TPSA) is 262 Å². The highest BCUT2D eigenvalue weighted by Crippen LogP contribution is 2.41. The number of anilines is 4. The molecule has 0 spiro atoms. The number of hydrogen-bond acceptors (Lipinski definition) is 20. The number of imide groups is 4. The van der Waals surface area contributed by atoms with Crippen molar-refractivity contribution in [2.45, 2.75) is 127 Å². The first-order chi connectivity index (χ1) is 55.0. The van der Waals surface area contributed by atoms with Gasteiger partial charge in [-0.1, -0.05) is 43.3 Å². The van der Waals surface area contributed by atoms with Crippen LogP contribution in [0.3, 0.4) is 0 Å². The number of amides is 8. The number of piperidine rings is 4. The van der Waals surface area contributed by atoms with E-state index in [2.05, 4.69) is 79.3 Å². The van der Waals surface area contributed by atoms with Crippen LogP contribution in [0.2, 0.25) is 0 Å². The molecule has 2 unspecified atom stereocenters. The summed E-state index contributed by atoms with van der Waals surface area (Å²) < 4.78 is 31.9. The fraction of sp³-hybridized carbons (Fsp3) is 0.435. The number of halogens is 2. The molecule has 12 aliphatic heterocycles. The Kier molecular flexibility index (Phi) is 20.1. The highest BCUT2D eigenvalue weighted by atomic mass is 19.1. The molecule has 4 aromatic heterocycles. The molecule has 16 heterocycles. The van der Waals surface area contributed by atoms with Crippen molar-refractivity contribution in [1.82, 2.24) is 69.6 Å². The van der Waals surface area contributed by atoms with Crippen LogP contribution in [0.5, 0.6) is 0 Å². The minimum absolute atomic E-state index is 0.101. The summed E-state index contributed by atoms with van der Waals surface area (Å²) in [6.07, 6.45) is 19.0. The molecule has 28 heteroatoms. The van der Waals surface area contributed by atoms with Gasteiger partial charge in [-0.2, -0.15) is 0 Å². The van der Waals surface area contributed by atoms with Gasteiger partial charge in [-0.25, -0.2) is 27.8 Å². The van der Waals surface area contributed by atoms with E-state index in [0.29, 0.717) is 46.2 Å². The Balaban J connectivity index is 0.000000131. The monoisotopic (exact) mass is 1530 g/mol. The van der Waals surface area contributed by atoms with E-state index in [1.807, 2.05) is 70.0 Å². The number of hydrogen-bond donors (Lipinski definition) is 3. The van der Waals surface area contributed by atoms with Crippen LogP contribution in [0.4, 0.5) is 31.8 Å². The lowest BCUT2D eigenvalue weighted by Gasteiger charge is -2.45. The molecule has 12 aliphatic rings. The number of aromatic nitrogens is 6. The summed E-state index contributed by atoms with van der Waals surface area (Å²) in [6.45, 7) is 16.8. The van der Waals surface area contributed by atoms with Crippen molar-refractivity contribution >= 4 is 92.7 Å². The molecular formula is C85H92F2N18O8. The predicted molar refractivity (Wildman–Crippen MR) is 420 cm³/mol. The number of fused-ring (bicyclic) bond motifs is 4. The first-order valence-electron chi connectivity index (χ1n) is 40.3. The van der Waals surface area contributed by atoms with E-state index in [-0.39, 0.29) is 61.2 Å². The Labute approximate surface area is 652 Å². The Hall–Kier alpha value is -10.9. The van der Waals surface area contributed by atoms with Crippen molar-refractivity contribution in [3.63, 3.8) is 0 Å². The largest absolute Gasteiger partial charge is 0.371 e. The van der Waals surface area contributed by atoms with Crippen molar-refractivity contribution in [1.29, 1.82) is 0 Å². The Morgan fingerprint density at radius 3 is 1.39 bits per heavy atom. The number of likely N-dealkylation sites (tertiary alicyclic amines) is 1. The van der Waals surface area contributed by atoms with Gasteiger partial charge in [0.1, 0.15) is 35.4 Å². The summed E-state index contributed by atoms with van der Waals surface area (Å²) >= 11 is 0. The van der Waals surface area contributed by atoms with Gasteiger partial charge < -0.3 is 29.8 Å². The molecule has 8 fully saturated rings.